The largest absolute Gasteiger partial charge is 0.497 e. The lowest BCUT2D eigenvalue weighted by atomic mass is 9.97. The summed E-state index contributed by atoms with van der Waals surface area (Å²) in [5.41, 5.74) is 2.92. The predicted octanol–water partition coefficient (Wildman–Crippen LogP) is 4.13. The minimum atomic E-state index is -0.878. The number of carbonyl (C=O) groups excluding carboxylic acids is 2. The first-order valence-electron chi connectivity index (χ1n) is 11.2. The van der Waals surface area contributed by atoms with Gasteiger partial charge < -0.3 is 19.7 Å². The van der Waals surface area contributed by atoms with Crippen molar-refractivity contribution >= 4 is 11.8 Å². The summed E-state index contributed by atoms with van der Waals surface area (Å²) < 4.78 is 11.1. The number of ether oxygens (including phenoxy) is 2. The first-order chi connectivity index (χ1) is 16.3. The Morgan fingerprint density at radius 1 is 1.18 bits per heavy atom. The number of fused-ring (bicyclic) bond motifs is 1. The molecule has 1 atom stereocenters. The molecule has 7 nitrogen and oxygen atoms in total. The molecule has 4 rings (SSSR count). The molecule has 0 saturated carbocycles. The second-order valence-electron chi connectivity index (χ2n) is 9.25. The molecule has 1 aliphatic heterocycles. The minimum Gasteiger partial charge on any atom is -0.497 e. The van der Waals surface area contributed by atoms with Crippen LogP contribution in [0.2, 0.25) is 0 Å². The number of pyridine rings is 1. The lowest BCUT2D eigenvalue weighted by molar-refractivity contribution is -0.142. The van der Waals surface area contributed by atoms with Crippen LogP contribution in [0.5, 0.6) is 11.5 Å². The Balaban J connectivity index is 1.78. The highest BCUT2D eigenvalue weighted by Gasteiger charge is 2.38. The number of nitrogens with zero attached hydrogens (tertiary/aromatic N) is 2. The van der Waals surface area contributed by atoms with Crippen molar-refractivity contribution in [3.63, 3.8) is 0 Å². The second kappa shape index (κ2) is 9.55. The van der Waals surface area contributed by atoms with Gasteiger partial charge in [0.1, 0.15) is 17.5 Å². The van der Waals surface area contributed by atoms with Gasteiger partial charge in [-0.25, -0.2) is 0 Å². The normalized spacial score (nSPS) is 15.7. The molecule has 0 radical (unpaired) electrons. The third-order valence-electron chi connectivity index (χ3n) is 5.57. The van der Waals surface area contributed by atoms with E-state index in [0.717, 1.165) is 22.4 Å². The Bertz CT molecular complexity index is 1200. The number of hydrogen-bond acceptors (Lipinski definition) is 5. The van der Waals surface area contributed by atoms with Crippen LogP contribution in [0.4, 0.5) is 0 Å². The van der Waals surface area contributed by atoms with E-state index in [0.29, 0.717) is 11.3 Å². The maximum Gasteiger partial charge on any atom is 0.261 e. The number of methoxy groups -OCH3 is 1. The lowest BCUT2D eigenvalue weighted by Gasteiger charge is -2.32. The molecule has 3 aromatic rings. The van der Waals surface area contributed by atoms with Crippen molar-refractivity contribution in [3.8, 4) is 22.6 Å². The highest BCUT2D eigenvalue weighted by atomic mass is 16.5. The van der Waals surface area contributed by atoms with Crippen LogP contribution in [0, 0.1) is 0 Å². The van der Waals surface area contributed by atoms with E-state index in [4.69, 9.17) is 9.47 Å². The van der Waals surface area contributed by atoms with Gasteiger partial charge in [-0.15, -0.1) is 0 Å². The first-order valence-corrected chi connectivity index (χ1v) is 11.2. The molecule has 0 saturated heterocycles. The van der Waals surface area contributed by atoms with Gasteiger partial charge >= 0.3 is 0 Å². The van der Waals surface area contributed by atoms with Gasteiger partial charge in [-0.2, -0.15) is 0 Å². The Hall–Kier alpha value is -3.87. The van der Waals surface area contributed by atoms with Crippen LogP contribution in [0.3, 0.4) is 0 Å². The van der Waals surface area contributed by atoms with E-state index in [1.54, 1.807) is 30.5 Å². The van der Waals surface area contributed by atoms with Gasteiger partial charge in [-0.05, 0) is 55.7 Å². The van der Waals surface area contributed by atoms with Crippen molar-refractivity contribution in [2.45, 2.75) is 38.9 Å². The number of amides is 2. The van der Waals surface area contributed by atoms with Gasteiger partial charge in [0, 0.05) is 30.0 Å². The number of nitrogens with one attached hydrogen (secondary N) is 1. The molecule has 2 heterocycles. The molecule has 0 spiro atoms. The Morgan fingerprint density at radius 2 is 1.97 bits per heavy atom. The van der Waals surface area contributed by atoms with Crippen LogP contribution in [0.1, 0.15) is 37.9 Å². The molecule has 0 bridgehead atoms. The van der Waals surface area contributed by atoms with Crippen molar-refractivity contribution in [1.29, 1.82) is 0 Å². The quantitative estimate of drug-likeness (QED) is 0.620. The topological polar surface area (TPSA) is 80.8 Å². The van der Waals surface area contributed by atoms with Gasteiger partial charge in [0.25, 0.3) is 5.91 Å². The average Bonchev–Trinajstić information content (AvgIpc) is 2.95. The van der Waals surface area contributed by atoms with Crippen LogP contribution >= 0.6 is 0 Å². The van der Waals surface area contributed by atoms with Gasteiger partial charge in [-0.3, -0.25) is 14.6 Å². The highest BCUT2D eigenvalue weighted by molar-refractivity contribution is 5.91. The van der Waals surface area contributed by atoms with E-state index in [1.807, 2.05) is 69.3 Å². The summed E-state index contributed by atoms with van der Waals surface area (Å²) in [7, 11) is 1.63. The van der Waals surface area contributed by atoms with Crippen molar-refractivity contribution < 1.29 is 19.1 Å². The molecular formula is C27H29N3O4. The standard InChI is InChI=1S/C27H29N3O4/c1-27(2,3)29-26(32)25-22-15-28-13-12-23(22)34-17-24(31)30(25)16-19-8-5-6-11-21(19)18-9-7-10-20(14-18)33-4/h5-15,25H,16-17H2,1-4H3,(H,29,32). The summed E-state index contributed by atoms with van der Waals surface area (Å²) in [6.45, 7) is 5.80. The van der Waals surface area contributed by atoms with Crippen LogP contribution in [0.25, 0.3) is 11.1 Å². The van der Waals surface area contributed by atoms with Crippen LogP contribution in [0.15, 0.2) is 67.0 Å². The summed E-state index contributed by atoms with van der Waals surface area (Å²) >= 11 is 0. The maximum atomic E-state index is 13.5. The minimum absolute atomic E-state index is 0.155. The van der Waals surface area contributed by atoms with Crippen molar-refractivity contribution in [3.05, 3.63) is 78.1 Å². The molecule has 176 valence electrons. The monoisotopic (exact) mass is 459 g/mol. The Morgan fingerprint density at radius 3 is 2.74 bits per heavy atom. The number of aromatic nitrogens is 1. The third kappa shape index (κ3) is 5.03. The van der Waals surface area contributed by atoms with Crippen LogP contribution in [-0.2, 0) is 16.1 Å². The fourth-order valence-corrected chi connectivity index (χ4v) is 4.08. The molecule has 34 heavy (non-hydrogen) atoms. The SMILES string of the molecule is COc1cccc(-c2ccccc2CN2C(=O)COc3ccncc3C2C(=O)NC(C)(C)C)c1. The lowest BCUT2D eigenvalue weighted by Crippen LogP contribution is -2.49. The fraction of sp³-hybridized carbons (Fsp3) is 0.296. The predicted molar refractivity (Wildman–Crippen MR) is 129 cm³/mol. The smallest absolute Gasteiger partial charge is 0.261 e. The van der Waals surface area contributed by atoms with Crippen molar-refractivity contribution in [1.82, 2.24) is 15.2 Å². The van der Waals surface area contributed by atoms with Gasteiger partial charge in [0.2, 0.25) is 5.91 Å². The first kappa shape index (κ1) is 23.3. The second-order valence-corrected chi connectivity index (χ2v) is 9.25. The molecule has 0 aliphatic carbocycles. The molecule has 1 aliphatic rings. The molecular weight excluding hydrogens is 430 g/mol. The van der Waals surface area contributed by atoms with E-state index >= 15 is 0 Å². The number of benzene rings is 2. The van der Waals surface area contributed by atoms with E-state index in [9.17, 15) is 9.59 Å². The van der Waals surface area contributed by atoms with E-state index < -0.39 is 11.6 Å². The number of rotatable bonds is 5. The van der Waals surface area contributed by atoms with E-state index in [1.165, 1.54) is 0 Å². The zero-order valence-electron chi connectivity index (χ0n) is 19.9. The molecule has 2 aromatic carbocycles. The zero-order chi connectivity index (χ0) is 24.3. The summed E-state index contributed by atoms with van der Waals surface area (Å²) in [6, 6.07) is 16.4. The molecule has 1 aromatic heterocycles. The maximum absolute atomic E-state index is 13.5. The molecule has 1 N–H and O–H groups in total. The van der Waals surface area contributed by atoms with Gasteiger partial charge in [0.15, 0.2) is 6.61 Å². The molecule has 0 fully saturated rings. The van der Waals surface area contributed by atoms with Crippen LogP contribution < -0.4 is 14.8 Å². The van der Waals surface area contributed by atoms with Gasteiger partial charge in [-0.1, -0.05) is 36.4 Å². The summed E-state index contributed by atoms with van der Waals surface area (Å²) in [6.07, 6.45) is 3.19. The van der Waals surface area contributed by atoms with Crippen molar-refractivity contribution in [2.75, 3.05) is 13.7 Å². The Labute approximate surface area is 199 Å². The van der Waals surface area contributed by atoms with Crippen LogP contribution in [-0.4, -0.2) is 41.0 Å². The number of hydrogen-bond donors (Lipinski definition) is 1. The zero-order valence-corrected chi connectivity index (χ0v) is 19.9. The molecule has 7 heteroatoms. The summed E-state index contributed by atoms with van der Waals surface area (Å²) in [5, 5.41) is 3.02. The van der Waals surface area contributed by atoms with Gasteiger partial charge in [0.05, 0.1) is 7.11 Å². The number of carbonyl (C=O) groups is 2. The molecule has 2 amide bonds. The molecule has 1 unspecified atom stereocenters. The third-order valence-corrected chi connectivity index (χ3v) is 5.57. The van der Waals surface area contributed by atoms with E-state index in [2.05, 4.69) is 10.3 Å². The van der Waals surface area contributed by atoms with Crippen molar-refractivity contribution in [2.24, 2.45) is 0 Å². The average molecular weight is 460 g/mol. The Kier molecular flexibility index (Phi) is 6.54. The summed E-state index contributed by atoms with van der Waals surface area (Å²) in [4.78, 5) is 32.6. The highest BCUT2D eigenvalue weighted by Crippen LogP contribution is 2.35. The summed E-state index contributed by atoms with van der Waals surface area (Å²) in [5.74, 6) is 0.681. The fourth-order valence-electron chi connectivity index (χ4n) is 4.08. The van der Waals surface area contributed by atoms with E-state index in [-0.39, 0.29) is 25.0 Å².